The van der Waals surface area contributed by atoms with Crippen LogP contribution in [0, 0.1) is 0 Å². The Kier molecular flexibility index (Phi) is 16.1. The van der Waals surface area contributed by atoms with Crippen LogP contribution in [0.4, 0.5) is 11.4 Å². The highest BCUT2D eigenvalue weighted by molar-refractivity contribution is 7.92. The number of anilines is 2. The molecule has 16 nitrogen and oxygen atoms in total. The van der Waals surface area contributed by atoms with Gasteiger partial charge in [0.2, 0.25) is 0 Å². The Morgan fingerprint density at radius 1 is 0.508 bits per heavy atom. The summed E-state index contributed by atoms with van der Waals surface area (Å²) in [7, 11) is 6.92. The maximum Gasteiger partial charge on any atom is 0.255 e. The van der Waals surface area contributed by atoms with Crippen molar-refractivity contribution in [3.05, 3.63) is 95.1 Å². The Labute approximate surface area is 368 Å². The minimum Gasteiger partial charge on any atom is -0.496 e. The lowest BCUT2D eigenvalue weighted by Gasteiger charge is -2.25. The van der Waals surface area contributed by atoms with Gasteiger partial charge in [0, 0.05) is 24.3 Å². The van der Waals surface area contributed by atoms with E-state index < -0.39 is 43.4 Å². The fourth-order valence-corrected chi connectivity index (χ4v) is 8.25. The lowest BCUT2D eigenvalue weighted by molar-refractivity contribution is -0.131. The van der Waals surface area contributed by atoms with Crippen LogP contribution in [-0.2, 0) is 19.4 Å². The number of benzene rings is 4. The summed E-state index contributed by atoms with van der Waals surface area (Å²) in [5.74, 6) is 0.911. The van der Waals surface area contributed by atoms with Crippen molar-refractivity contribution in [2.75, 3.05) is 67.5 Å². The molecule has 0 fully saturated rings. The van der Waals surface area contributed by atoms with Crippen molar-refractivity contribution in [3.63, 3.8) is 0 Å². The lowest BCUT2D eigenvalue weighted by Crippen LogP contribution is -2.36. The van der Waals surface area contributed by atoms with Gasteiger partial charge in [0.15, 0.2) is 9.84 Å². The number of ether oxygens (including phenoxy) is 8. The summed E-state index contributed by atoms with van der Waals surface area (Å²) < 4.78 is 76.2. The first-order valence-corrected chi connectivity index (χ1v) is 20.9. The molecule has 2 atom stereocenters. The van der Waals surface area contributed by atoms with E-state index in [9.17, 15) is 19.8 Å². The molecule has 4 N–H and O–H groups in total. The zero-order valence-electron chi connectivity index (χ0n) is 37.4. The molecule has 0 aromatic heterocycles. The van der Waals surface area contributed by atoms with Crippen LogP contribution in [0.3, 0.4) is 0 Å². The average Bonchev–Trinajstić information content (AvgIpc) is 3.25. The fourth-order valence-electron chi connectivity index (χ4n) is 6.29. The number of hydrogen-bond acceptors (Lipinski definition) is 14. The third-order valence-corrected chi connectivity index (χ3v) is 12.1. The molecule has 0 aliphatic heterocycles. The van der Waals surface area contributed by atoms with E-state index in [1.165, 1.54) is 145 Å². The van der Waals surface area contributed by atoms with Crippen LogP contribution < -0.4 is 48.5 Å². The predicted molar refractivity (Wildman–Crippen MR) is 241 cm³/mol. The summed E-state index contributed by atoms with van der Waals surface area (Å²) in [5, 5.41) is 23.3. The highest BCUT2D eigenvalue weighted by atomic mass is 32.2. The Bertz CT molecular complexity index is 2240. The Hall–Kier alpha value is -6.43. The molecule has 0 aliphatic carbocycles. The monoisotopic (exact) mass is 892 g/mol. The van der Waals surface area contributed by atoms with Crippen LogP contribution >= 0.6 is 0 Å². The van der Waals surface area contributed by atoms with Gasteiger partial charge in [-0.05, 0) is 75.2 Å². The number of rotatable bonds is 20. The molecular weight excluding hydrogens is 837 g/mol. The van der Waals surface area contributed by atoms with Gasteiger partial charge in [-0.15, -0.1) is 0 Å². The van der Waals surface area contributed by atoms with Crippen molar-refractivity contribution >= 4 is 45.2 Å². The van der Waals surface area contributed by atoms with Gasteiger partial charge < -0.3 is 58.7 Å². The minimum atomic E-state index is -4.59. The first-order chi connectivity index (χ1) is 29.7. The van der Waals surface area contributed by atoms with Crippen LogP contribution in [-0.4, -0.2) is 98.5 Å². The van der Waals surface area contributed by atoms with Crippen molar-refractivity contribution in [2.45, 2.75) is 49.4 Å². The summed E-state index contributed by atoms with van der Waals surface area (Å²) in [4.78, 5) is 26.2. The normalized spacial score (nSPS) is 12.9. The van der Waals surface area contributed by atoms with E-state index >= 15 is 8.42 Å². The quantitative estimate of drug-likeness (QED) is 0.0721. The molecule has 4 aromatic carbocycles. The van der Waals surface area contributed by atoms with E-state index in [-0.39, 0.29) is 34.0 Å². The standard InChI is InChI=1S/C46H56N2O14S/c1-45(2,51)43(49)47-33-21-27(13-17-35(33)57-7)41(19-15-31-37(59-9)23-29(55-5)24-38(31)60-10)63(53,54)42(20-16-32-39(61-11)25-30(56-6)26-40(32)62-12)28-14-18-36(58-8)34(22-28)48-44(50)46(3,4)52/h13-26,41-42,51-52H,1-12H3,(H,47,49)(H,48,50). The van der Waals surface area contributed by atoms with Crippen LogP contribution in [0.1, 0.15) is 60.4 Å². The van der Waals surface area contributed by atoms with Gasteiger partial charge in [0.25, 0.3) is 11.8 Å². The van der Waals surface area contributed by atoms with Gasteiger partial charge >= 0.3 is 0 Å². The summed E-state index contributed by atoms with van der Waals surface area (Å²) in [6, 6.07) is 15.4. The molecule has 0 saturated heterocycles. The molecular formula is C46H56N2O14S. The van der Waals surface area contributed by atoms with Gasteiger partial charge in [-0.3, -0.25) is 9.59 Å². The van der Waals surface area contributed by atoms with Crippen molar-refractivity contribution in [1.82, 2.24) is 0 Å². The average molecular weight is 893 g/mol. The second kappa shape index (κ2) is 20.6. The molecule has 2 amide bonds. The molecule has 17 heteroatoms. The Morgan fingerprint density at radius 3 is 1.06 bits per heavy atom. The van der Waals surface area contributed by atoms with E-state index in [1.54, 1.807) is 24.3 Å². The van der Waals surface area contributed by atoms with Crippen LogP contribution in [0.5, 0.6) is 46.0 Å². The smallest absolute Gasteiger partial charge is 0.255 e. The second-order valence-electron chi connectivity index (χ2n) is 15.0. The maximum absolute atomic E-state index is 15.8. The Morgan fingerprint density at radius 2 is 0.810 bits per heavy atom. The van der Waals surface area contributed by atoms with E-state index in [0.717, 1.165) is 0 Å². The van der Waals surface area contributed by atoms with Gasteiger partial charge in [0.1, 0.15) is 67.7 Å². The van der Waals surface area contributed by atoms with Crippen LogP contribution in [0.15, 0.2) is 72.8 Å². The SMILES string of the molecule is COc1cc(OC)c(C=CC(c2ccc(OC)c(NC(=O)C(C)(C)O)c2)S(=O)(=O)C(C=Cc2c(OC)cc(OC)cc2OC)c2ccc(OC)c(NC(=O)C(C)(C)O)c2)c(OC)c1. The van der Waals surface area contributed by atoms with Gasteiger partial charge in [-0.1, -0.05) is 24.3 Å². The summed E-state index contributed by atoms with van der Waals surface area (Å²) in [6.45, 7) is 5.23. The van der Waals surface area contributed by atoms with E-state index in [0.29, 0.717) is 45.6 Å². The largest absolute Gasteiger partial charge is 0.496 e. The van der Waals surface area contributed by atoms with Gasteiger partial charge in [0.05, 0.1) is 79.4 Å². The van der Waals surface area contributed by atoms with Crippen molar-refractivity contribution in [3.8, 4) is 46.0 Å². The highest BCUT2D eigenvalue weighted by Gasteiger charge is 2.36. The van der Waals surface area contributed by atoms with Crippen molar-refractivity contribution in [2.24, 2.45) is 0 Å². The molecule has 0 heterocycles. The fraction of sp³-hybridized carbons (Fsp3) is 0.348. The number of carbonyl (C=O) groups excluding carboxylic acids is 2. The highest BCUT2D eigenvalue weighted by Crippen LogP contribution is 2.44. The number of methoxy groups -OCH3 is 8. The molecule has 4 rings (SSSR count). The summed E-state index contributed by atoms with van der Waals surface area (Å²) in [6.07, 6.45) is 5.97. The number of hydrogen-bond donors (Lipinski definition) is 4. The maximum atomic E-state index is 15.8. The molecule has 63 heavy (non-hydrogen) atoms. The van der Waals surface area contributed by atoms with E-state index in [1.807, 2.05) is 0 Å². The van der Waals surface area contributed by atoms with E-state index in [4.69, 9.17) is 37.9 Å². The second-order valence-corrected chi connectivity index (χ2v) is 17.2. The third kappa shape index (κ3) is 11.5. The first kappa shape index (κ1) is 49.2. The molecule has 0 aliphatic rings. The lowest BCUT2D eigenvalue weighted by atomic mass is 10.1. The molecule has 340 valence electrons. The summed E-state index contributed by atoms with van der Waals surface area (Å²) in [5.41, 5.74) is -2.34. The molecule has 0 spiro atoms. The van der Waals surface area contributed by atoms with Gasteiger partial charge in [-0.2, -0.15) is 0 Å². The molecule has 0 radical (unpaired) electrons. The molecule has 4 aromatic rings. The summed E-state index contributed by atoms with van der Waals surface area (Å²) >= 11 is 0. The number of aliphatic hydroxyl groups is 2. The molecule has 0 saturated carbocycles. The zero-order valence-corrected chi connectivity index (χ0v) is 38.3. The van der Waals surface area contributed by atoms with Crippen LogP contribution in [0.25, 0.3) is 12.2 Å². The number of nitrogens with one attached hydrogen (secondary N) is 2. The molecule has 0 bridgehead atoms. The first-order valence-electron chi connectivity index (χ1n) is 19.3. The van der Waals surface area contributed by atoms with E-state index in [2.05, 4.69) is 10.6 Å². The number of carbonyl (C=O) groups is 2. The van der Waals surface area contributed by atoms with Crippen molar-refractivity contribution in [1.29, 1.82) is 0 Å². The Balaban J connectivity index is 2.12. The van der Waals surface area contributed by atoms with Crippen molar-refractivity contribution < 1.29 is 66.1 Å². The molecule has 2 unspecified atom stereocenters. The zero-order chi connectivity index (χ0) is 46.9. The topological polar surface area (TPSA) is 207 Å². The van der Waals surface area contributed by atoms with Crippen LogP contribution in [0.2, 0.25) is 0 Å². The van der Waals surface area contributed by atoms with Gasteiger partial charge in [-0.25, -0.2) is 8.42 Å². The number of amides is 2. The number of sulfone groups is 1. The third-order valence-electron chi connectivity index (χ3n) is 9.80. The minimum absolute atomic E-state index is 0.0798. The predicted octanol–water partition coefficient (Wildman–Crippen LogP) is 6.80.